The largest absolute Gasteiger partial charge is 0.396 e. The molecule has 1 heterocycles. The fourth-order valence-electron chi connectivity index (χ4n) is 1.63. The lowest BCUT2D eigenvalue weighted by atomic mass is 9.92. The number of hydrogen-bond donors (Lipinski definition) is 1. The molecule has 1 aromatic carbocycles. The van der Waals surface area contributed by atoms with E-state index >= 15 is 0 Å². The third-order valence-corrected chi connectivity index (χ3v) is 2.44. The quantitative estimate of drug-likeness (QED) is 0.831. The van der Waals surface area contributed by atoms with E-state index in [-0.39, 0.29) is 17.0 Å². The Balaban J connectivity index is 2.33. The van der Waals surface area contributed by atoms with Gasteiger partial charge in [0, 0.05) is 6.42 Å². The van der Waals surface area contributed by atoms with E-state index in [0.717, 1.165) is 0 Å². The highest BCUT2D eigenvalue weighted by molar-refractivity contribution is 5.70. The molecule has 4 nitrogen and oxygen atoms in total. The van der Waals surface area contributed by atoms with Crippen molar-refractivity contribution in [3.63, 3.8) is 0 Å². The summed E-state index contributed by atoms with van der Waals surface area (Å²) in [5.74, 6) is 0.371. The van der Waals surface area contributed by atoms with Crippen LogP contribution >= 0.6 is 0 Å². The van der Waals surface area contributed by atoms with Gasteiger partial charge in [-0.2, -0.15) is 4.98 Å². The van der Waals surface area contributed by atoms with E-state index in [1.165, 1.54) is 6.07 Å². The highest BCUT2D eigenvalue weighted by Crippen LogP contribution is 2.27. The van der Waals surface area contributed by atoms with Crippen LogP contribution in [0.3, 0.4) is 0 Å². The maximum absolute atomic E-state index is 13.3. The zero-order valence-corrected chi connectivity index (χ0v) is 10.7. The van der Waals surface area contributed by atoms with Gasteiger partial charge in [0.25, 0.3) is 5.89 Å². The first-order chi connectivity index (χ1) is 8.37. The predicted octanol–water partition coefficient (Wildman–Crippen LogP) is 3.05. The van der Waals surface area contributed by atoms with Gasteiger partial charge in [0.1, 0.15) is 5.82 Å². The normalized spacial score (nSPS) is 11.8. The highest BCUT2D eigenvalue weighted by atomic mass is 19.1. The number of nitrogens with zero attached hydrogens (tertiary/aromatic N) is 2. The van der Waals surface area contributed by atoms with Gasteiger partial charge in [-0.05, 0) is 17.5 Å². The number of halogens is 1. The molecule has 5 heteroatoms. The molecule has 0 atom stereocenters. The van der Waals surface area contributed by atoms with Crippen molar-refractivity contribution in [1.29, 1.82) is 0 Å². The van der Waals surface area contributed by atoms with Gasteiger partial charge in [0.2, 0.25) is 0 Å². The number of nitrogen functional groups attached to an aromatic ring is 1. The van der Waals surface area contributed by atoms with Crippen LogP contribution in [-0.4, -0.2) is 10.1 Å². The lowest BCUT2D eigenvalue weighted by molar-refractivity contribution is 0.374. The molecule has 0 bridgehead atoms. The minimum absolute atomic E-state index is 0.0310. The van der Waals surface area contributed by atoms with Gasteiger partial charge in [-0.1, -0.05) is 32.0 Å². The molecule has 0 saturated carbocycles. The van der Waals surface area contributed by atoms with Gasteiger partial charge < -0.3 is 10.3 Å². The Hall–Kier alpha value is -1.91. The number of hydrogen-bond acceptors (Lipinski definition) is 4. The molecule has 0 radical (unpaired) electrons. The van der Waals surface area contributed by atoms with Gasteiger partial charge in [-0.15, -0.1) is 0 Å². The Morgan fingerprint density at radius 1 is 1.33 bits per heavy atom. The molecule has 96 valence electrons. The number of anilines is 1. The van der Waals surface area contributed by atoms with Crippen LogP contribution in [0.4, 0.5) is 10.1 Å². The smallest absolute Gasteiger partial charge is 0.260 e. The van der Waals surface area contributed by atoms with Crippen LogP contribution in [0.5, 0.6) is 0 Å². The molecule has 0 saturated heterocycles. The molecule has 0 aliphatic heterocycles. The lowest BCUT2D eigenvalue weighted by Crippen LogP contribution is -2.10. The zero-order chi connectivity index (χ0) is 13.3. The first kappa shape index (κ1) is 12.5. The van der Waals surface area contributed by atoms with Crippen molar-refractivity contribution in [2.45, 2.75) is 27.2 Å². The molecular formula is C13H16FN3O. The molecule has 2 rings (SSSR count). The summed E-state index contributed by atoms with van der Waals surface area (Å²) in [5.41, 5.74) is 6.18. The van der Waals surface area contributed by atoms with Crippen LogP contribution in [0.15, 0.2) is 22.7 Å². The summed E-state index contributed by atoms with van der Waals surface area (Å²) in [5, 5.41) is 3.88. The Bertz CT molecular complexity index is 558. The molecule has 0 aliphatic carbocycles. The first-order valence-electron chi connectivity index (χ1n) is 5.74. The average molecular weight is 249 g/mol. The van der Waals surface area contributed by atoms with Crippen molar-refractivity contribution >= 4 is 5.69 Å². The molecular weight excluding hydrogens is 233 g/mol. The van der Waals surface area contributed by atoms with E-state index in [4.69, 9.17) is 10.3 Å². The summed E-state index contributed by atoms with van der Waals surface area (Å²) in [6, 6.07) is 4.52. The van der Waals surface area contributed by atoms with Crippen molar-refractivity contribution in [2.75, 3.05) is 5.73 Å². The second-order valence-corrected chi connectivity index (χ2v) is 5.45. The molecule has 0 unspecified atom stereocenters. The summed E-state index contributed by atoms with van der Waals surface area (Å²) in [4.78, 5) is 4.24. The Kier molecular flexibility index (Phi) is 3.07. The average Bonchev–Trinajstić information content (AvgIpc) is 2.68. The van der Waals surface area contributed by atoms with Gasteiger partial charge in [-0.3, -0.25) is 0 Å². The van der Waals surface area contributed by atoms with Gasteiger partial charge >= 0.3 is 0 Å². The molecule has 0 aliphatic rings. The van der Waals surface area contributed by atoms with Crippen LogP contribution in [0.2, 0.25) is 0 Å². The summed E-state index contributed by atoms with van der Waals surface area (Å²) in [6.07, 6.45) is 0.686. The fourth-order valence-corrected chi connectivity index (χ4v) is 1.63. The number of aromatic nitrogens is 2. The van der Waals surface area contributed by atoms with Crippen LogP contribution in [-0.2, 0) is 6.42 Å². The standard InChI is InChI=1S/C13H16FN3O/c1-13(2,3)7-10-16-12(18-17-10)8-5-4-6-9(14)11(8)15/h4-6H,7,15H2,1-3H3. The maximum Gasteiger partial charge on any atom is 0.260 e. The van der Waals surface area contributed by atoms with E-state index in [2.05, 4.69) is 30.9 Å². The lowest BCUT2D eigenvalue weighted by Gasteiger charge is -2.14. The third-order valence-electron chi connectivity index (χ3n) is 2.44. The van der Waals surface area contributed by atoms with Crippen molar-refractivity contribution < 1.29 is 8.91 Å². The SMILES string of the molecule is CC(C)(C)Cc1noc(-c2cccc(F)c2N)n1. The number of para-hydroxylation sites is 1. The monoisotopic (exact) mass is 249 g/mol. The highest BCUT2D eigenvalue weighted by Gasteiger charge is 2.18. The van der Waals surface area contributed by atoms with E-state index in [9.17, 15) is 4.39 Å². The predicted molar refractivity (Wildman–Crippen MR) is 67.3 cm³/mol. The second-order valence-electron chi connectivity index (χ2n) is 5.45. The van der Waals surface area contributed by atoms with Gasteiger partial charge in [-0.25, -0.2) is 4.39 Å². The second kappa shape index (κ2) is 4.40. The number of rotatable bonds is 2. The molecule has 2 N–H and O–H groups in total. The Morgan fingerprint density at radius 2 is 2.06 bits per heavy atom. The minimum Gasteiger partial charge on any atom is -0.396 e. The van der Waals surface area contributed by atoms with E-state index < -0.39 is 5.82 Å². The first-order valence-corrected chi connectivity index (χ1v) is 5.74. The third kappa shape index (κ3) is 2.67. The number of benzene rings is 1. The van der Waals surface area contributed by atoms with Crippen LogP contribution in [0.1, 0.15) is 26.6 Å². The maximum atomic E-state index is 13.3. The summed E-state index contributed by atoms with van der Waals surface area (Å²) < 4.78 is 18.5. The van der Waals surface area contributed by atoms with Crippen molar-refractivity contribution in [1.82, 2.24) is 10.1 Å². The molecule has 2 aromatic rings. The Labute approximate surface area is 105 Å². The van der Waals surface area contributed by atoms with Crippen LogP contribution in [0, 0.1) is 11.2 Å². The summed E-state index contributed by atoms with van der Waals surface area (Å²) in [7, 11) is 0. The molecule has 0 spiro atoms. The topological polar surface area (TPSA) is 64.9 Å². The zero-order valence-electron chi connectivity index (χ0n) is 10.7. The molecule has 0 amide bonds. The van der Waals surface area contributed by atoms with Crippen molar-refractivity contribution in [3.05, 3.63) is 29.8 Å². The van der Waals surface area contributed by atoms with Crippen molar-refractivity contribution in [3.8, 4) is 11.5 Å². The van der Waals surface area contributed by atoms with Crippen molar-refractivity contribution in [2.24, 2.45) is 5.41 Å². The molecule has 0 fully saturated rings. The summed E-state index contributed by atoms with van der Waals surface area (Å²) >= 11 is 0. The summed E-state index contributed by atoms with van der Waals surface area (Å²) in [6.45, 7) is 6.25. The fraction of sp³-hybridized carbons (Fsp3) is 0.385. The minimum atomic E-state index is -0.483. The van der Waals surface area contributed by atoms with Crippen LogP contribution in [0.25, 0.3) is 11.5 Å². The molecule has 1 aromatic heterocycles. The number of nitrogens with two attached hydrogens (primary N) is 1. The molecule has 18 heavy (non-hydrogen) atoms. The van der Waals surface area contributed by atoms with Gasteiger partial charge in [0.15, 0.2) is 5.82 Å². The van der Waals surface area contributed by atoms with E-state index in [0.29, 0.717) is 17.8 Å². The van der Waals surface area contributed by atoms with Gasteiger partial charge in [0.05, 0.1) is 11.3 Å². The Morgan fingerprint density at radius 3 is 2.72 bits per heavy atom. The van der Waals surface area contributed by atoms with E-state index in [1.54, 1.807) is 12.1 Å². The van der Waals surface area contributed by atoms with Crippen LogP contribution < -0.4 is 5.73 Å². The van der Waals surface area contributed by atoms with E-state index in [1.807, 2.05) is 0 Å².